The summed E-state index contributed by atoms with van der Waals surface area (Å²) in [6.45, 7) is -1.31. The van der Waals surface area contributed by atoms with Crippen molar-refractivity contribution in [2.24, 2.45) is 0 Å². The number of amides is 2. The normalized spacial score (nSPS) is 11.6. The van der Waals surface area contributed by atoms with Gasteiger partial charge in [0.1, 0.15) is 12.3 Å². The van der Waals surface area contributed by atoms with Crippen LogP contribution >= 0.6 is 0 Å². The Morgan fingerprint density at radius 2 is 1.82 bits per heavy atom. The number of hydrogen-bond acceptors (Lipinski definition) is 5. The smallest absolute Gasteiger partial charge is 0.405 e. The minimum atomic E-state index is -4.53. The number of benzene rings is 2. The fraction of sp³-hybridized carbons (Fsp3) is 0.304. The lowest BCUT2D eigenvalue weighted by molar-refractivity contribution is -0.299. The number of carbonyl (C=O) groups is 2. The molecule has 0 saturated heterocycles. The number of rotatable bonds is 12. The predicted octanol–water partition coefficient (Wildman–Crippen LogP) is 1.59. The second-order valence-corrected chi connectivity index (χ2v) is 7.24. The molecule has 0 aliphatic carbocycles. The van der Waals surface area contributed by atoms with Crippen LogP contribution < -0.4 is 26.4 Å². The Morgan fingerprint density at radius 1 is 1.09 bits per heavy atom. The first-order valence-electron chi connectivity index (χ1n) is 10.5. The predicted molar refractivity (Wildman–Crippen MR) is 120 cm³/mol. The second-order valence-electron chi connectivity index (χ2n) is 7.24. The minimum absolute atomic E-state index is 0.00706. The number of halogens is 3. The minimum Gasteiger partial charge on any atom is -0.491 e. The zero-order valence-corrected chi connectivity index (χ0v) is 18.5. The highest BCUT2D eigenvalue weighted by Crippen LogP contribution is 2.27. The highest BCUT2D eigenvalue weighted by Gasteiger charge is 2.28. The third-order valence-electron chi connectivity index (χ3n) is 4.49. The van der Waals surface area contributed by atoms with E-state index in [4.69, 9.17) is 9.84 Å². The monoisotopic (exact) mass is 481 g/mol. The third-order valence-corrected chi connectivity index (χ3v) is 4.49. The van der Waals surface area contributed by atoms with E-state index >= 15 is 0 Å². The van der Waals surface area contributed by atoms with Crippen molar-refractivity contribution < 1.29 is 38.3 Å². The van der Waals surface area contributed by atoms with E-state index in [-0.39, 0.29) is 36.8 Å². The number of aryl methyl sites for hydroxylation is 1. The van der Waals surface area contributed by atoms with Gasteiger partial charge in [-0.05, 0) is 36.6 Å². The number of anilines is 1. The Kier molecular flexibility index (Phi) is 10.4. The van der Waals surface area contributed by atoms with Crippen LogP contribution in [0.1, 0.15) is 22.3 Å². The van der Waals surface area contributed by atoms with Gasteiger partial charge in [0.25, 0.3) is 5.91 Å². The lowest BCUT2D eigenvalue weighted by Crippen LogP contribution is -2.54. The highest BCUT2D eigenvalue weighted by molar-refractivity contribution is 5.95. The van der Waals surface area contributed by atoms with Crippen LogP contribution in [-0.2, 0) is 11.2 Å². The molecule has 184 valence electrons. The number of nitrogens with one attached hydrogen (secondary N) is 3. The van der Waals surface area contributed by atoms with Gasteiger partial charge in [0.2, 0.25) is 5.70 Å². The molecular formula is C23H28F3N4O4+. The topological polar surface area (TPSA) is 127 Å². The van der Waals surface area contributed by atoms with Gasteiger partial charge in [0.15, 0.2) is 0 Å². The van der Waals surface area contributed by atoms with Crippen molar-refractivity contribution in [1.82, 2.24) is 10.6 Å². The van der Waals surface area contributed by atoms with Crippen LogP contribution in [0, 0.1) is 0 Å². The lowest BCUT2D eigenvalue weighted by Gasteiger charge is -2.14. The molecule has 0 aromatic heterocycles. The lowest BCUT2D eigenvalue weighted by atomic mass is 10.1. The van der Waals surface area contributed by atoms with E-state index < -0.39 is 24.5 Å². The molecule has 0 radical (unpaired) electrons. The fourth-order valence-electron chi connectivity index (χ4n) is 2.80. The summed E-state index contributed by atoms with van der Waals surface area (Å²) in [6, 6.07) is 13.9. The Hall–Kier alpha value is -3.57. The van der Waals surface area contributed by atoms with Crippen LogP contribution in [0.4, 0.5) is 18.9 Å². The molecule has 0 fully saturated rings. The quantitative estimate of drug-likeness (QED) is 0.232. The molecule has 2 aromatic rings. The molecule has 2 aromatic carbocycles. The molecule has 11 heteroatoms. The Balaban J connectivity index is 2.11. The van der Waals surface area contributed by atoms with Gasteiger partial charge >= 0.3 is 12.1 Å². The molecule has 0 aliphatic rings. The maximum absolute atomic E-state index is 12.4. The van der Waals surface area contributed by atoms with Crippen molar-refractivity contribution in [1.29, 1.82) is 0 Å². The van der Waals surface area contributed by atoms with Gasteiger partial charge in [0.05, 0.1) is 25.1 Å². The standard InChI is InChI=1S/C23H27F3N4O4/c24-23(25,26)15-30-21(32)17-8-9-19(29-14-18(27)22(33)28-10-11-31)20(13-17)34-12-4-7-16-5-2-1-3-6-16/h1-3,5-6,8-9,13-14,29,31H,4,7,10-12,15,27H2,(H,28,33)(H,30,32)/p+1/b18-14-. The fourth-order valence-corrected chi connectivity index (χ4v) is 2.80. The molecule has 8 nitrogen and oxygen atoms in total. The molecule has 0 heterocycles. The summed E-state index contributed by atoms with van der Waals surface area (Å²) in [4.78, 5) is 24.0. The average Bonchev–Trinajstić information content (AvgIpc) is 2.82. The van der Waals surface area contributed by atoms with Crippen molar-refractivity contribution >= 4 is 17.5 Å². The Bertz CT molecular complexity index is 982. The summed E-state index contributed by atoms with van der Waals surface area (Å²) in [7, 11) is 0. The van der Waals surface area contributed by atoms with E-state index in [9.17, 15) is 22.8 Å². The molecule has 34 heavy (non-hydrogen) atoms. The molecule has 2 rings (SSSR count). The zero-order valence-electron chi connectivity index (χ0n) is 18.5. The van der Waals surface area contributed by atoms with Crippen LogP contribution in [0.5, 0.6) is 5.75 Å². The number of ether oxygens (including phenoxy) is 1. The summed E-state index contributed by atoms with van der Waals surface area (Å²) in [5.74, 6) is -1.16. The maximum Gasteiger partial charge on any atom is 0.405 e. The van der Waals surface area contributed by atoms with Crippen LogP contribution in [0.25, 0.3) is 0 Å². The summed E-state index contributed by atoms with van der Waals surface area (Å²) >= 11 is 0. The van der Waals surface area contributed by atoms with E-state index in [0.29, 0.717) is 12.1 Å². The number of alkyl halides is 3. The van der Waals surface area contributed by atoms with Crippen molar-refractivity contribution in [3.8, 4) is 5.75 Å². The van der Waals surface area contributed by atoms with Gasteiger partial charge in [-0.3, -0.25) is 9.59 Å². The van der Waals surface area contributed by atoms with Crippen molar-refractivity contribution in [3.05, 3.63) is 71.6 Å². The summed E-state index contributed by atoms with van der Waals surface area (Å²) < 4.78 is 43.1. The van der Waals surface area contributed by atoms with Gasteiger partial charge in [-0.1, -0.05) is 30.3 Å². The highest BCUT2D eigenvalue weighted by atomic mass is 19.4. The number of hydrogen-bond donors (Lipinski definition) is 5. The number of aliphatic hydroxyl groups is 1. The first-order valence-corrected chi connectivity index (χ1v) is 10.5. The van der Waals surface area contributed by atoms with Crippen molar-refractivity contribution in [2.45, 2.75) is 19.0 Å². The molecule has 7 N–H and O–H groups in total. The Labute approximate surface area is 195 Å². The van der Waals surface area contributed by atoms with Crippen molar-refractivity contribution in [2.75, 3.05) is 31.6 Å². The van der Waals surface area contributed by atoms with Gasteiger partial charge in [-0.25, -0.2) is 0 Å². The molecule has 0 spiro atoms. The van der Waals surface area contributed by atoms with Crippen LogP contribution in [0.2, 0.25) is 0 Å². The first kappa shape index (κ1) is 26.7. The van der Waals surface area contributed by atoms with Gasteiger partial charge in [-0.15, -0.1) is 0 Å². The van der Waals surface area contributed by atoms with Gasteiger partial charge in [-0.2, -0.15) is 13.2 Å². The van der Waals surface area contributed by atoms with E-state index in [1.807, 2.05) is 35.6 Å². The molecule has 0 saturated carbocycles. The molecule has 2 amide bonds. The molecular weight excluding hydrogens is 453 g/mol. The number of carbonyl (C=O) groups excluding carboxylic acids is 2. The van der Waals surface area contributed by atoms with E-state index in [1.54, 1.807) is 0 Å². The third kappa shape index (κ3) is 9.51. The van der Waals surface area contributed by atoms with E-state index in [0.717, 1.165) is 12.0 Å². The van der Waals surface area contributed by atoms with Crippen LogP contribution in [-0.4, -0.2) is 49.4 Å². The largest absolute Gasteiger partial charge is 0.491 e. The van der Waals surface area contributed by atoms with Crippen molar-refractivity contribution in [3.63, 3.8) is 0 Å². The molecule has 0 aliphatic heterocycles. The molecule has 0 bridgehead atoms. The number of aliphatic hydroxyl groups excluding tert-OH is 1. The Morgan fingerprint density at radius 3 is 2.50 bits per heavy atom. The second kappa shape index (κ2) is 13.2. The molecule has 0 atom stereocenters. The summed E-state index contributed by atoms with van der Waals surface area (Å²) in [5, 5.41) is 15.9. The first-order chi connectivity index (χ1) is 16.2. The summed E-state index contributed by atoms with van der Waals surface area (Å²) in [5.41, 5.74) is 5.22. The molecule has 0 unspecified atom stereocenters. The number of quaternary nitrogens is 1. The average molecular weight is 481 g/mol. The zero-order chi connectivity index (χ0) is 25.0. The van der Waals surface area contributed by atoms with Crippen LogP contribution in [0.3, 0.4) is 0 Å². The van der Waals surface area contributed by atoms with E-state index in [1.165, 1.54) is 24.4 Å². The summed E-state index contributed by atoms with van der Waals surface area (Å²) in [6.07, 6.45) is -1.79. The maximum atomic E-state index is 12.4. The van der Waals surface area contributed by atoms with Gasteiger partial charge < -0.3 is 31.5 Å². The SMILES string of the molecule is [NH3+]/C(=C\Nc1ccc(C(=O)NCC(F)(F)F)cc1OCCCc1ccccc1)C(=O)NCCO. The van der Waals surface area contributed by atoms with E-state index in [2.05, 4.69) is 16.4 Å². The van der Waals surface area contributed by atoms with Gasteiger partial charge in [0, 0.05) is 12.1 Å². The van der Waals surface area contributed by atoms with Crippen LogP contribution in [0.15, 0.2) is 60.4 Å².